The molecular formula is C14H14BrN3O3. The summed E-state index contributed by atoms with van der Waals surface area (Å²) >= 11 is 3.23. The largest absolute Gasteiger partial charge is 0.478 e. The Bertz CT molecular complexity index is 690. The lowest BCUT2D eigenvalue weighted by Crippen LogP contribution is -2.15. The number of aryl methyl sites for hydroxylation is 2. The summed E-state index contributed by atoms with van der Waals surface area (Å²) in [6.07, 6.45) is 0.184. The maximum Gasteiger partial charge on any atom is 0.335 e. The molecule has 1 aromatic heterocycles. The van der Waals surface area contributed by atoms with Crippen molar-refractivity contribution in [3.8, 4) is 0 Å². The molecule has 2 rings (SSSR count). The molecule has 3 N–H and O–H groups in total. The second-order valence-electron chi connectivity index (χ2n) is 4.67. The molecule has 7 heteroatoms. The van der Waals surface area contributed by atoms with Gasteiger partial charge in [0.15, 0.2) is 0 Å². The summed E-state index contributed by atoms with van der Waals surface area (Å²) in [5, 5.41) is 18.6. The Morgan fingerprint density at radius 2 is 2.05 bits per heavy atom. The van der Waals surface area contributed by atoms with Crippen LogP contribution in [0.5, 0.6) is 0 Å². The van der Waals surface area contributed by atoms with Gasteiger partial charge in [0.25, 0.3) is 0 Å². The molecule has 0 bridgehead atoms. The Morgan fingerprint density at radius 1 is 1.33 bits per heavy atom. The van der Waals surface area contributed by atoms with Crippen molar-refractivity contribution in [1.82, 2.24) is 10.2 Å². The molecule has 1 heterocycles. The van der Waals surface area contributed by atoms with E-state index in [2.05, 4.69) is 31.4 Å². The molecule has 21 heavy (non-hydrogen) atoms. The van der Waals surface area contributed by atoms with E-state index < -0.39 is 5.97 Å². The van der Waals surface area contributed by atoms with E-state index >= 15 is 0 Å². The molecule has 0 spiro atoms. The number of nitrogens with zero attached hydrogens (tertiary/aromatic N) is 1. The van der Waals surface area contributed by atoms with Gasteiger partial charge in [0.1, 0.15) is 0 Å². The van der Waals surface area contributed by atoms with Crippen LogP contribution in [0, 0.1) is 13.8 Å². The number of aromatic nitrogens is 2. The van der Waals surface area contributed by atoms with Crippen LogP contribution < -0.4 is 5.32 Å². The van der Waals surface area contributed by atoms with Crippen molar-refractivity contribution in [3.05, 3.63) is 45.2 Å². The first-order valence-corrected chi connectivity index (χ1v) is 7.00. The Hall–Kier alpha value is -2.15. The third-order valence-corrected chi connectivity index (χ3v) is 3.50. The molecular weight excluding hydrogens is 338 g/mol. The van der Waals surface area contributed by atoms with Crippen molar-refractivity contribution >= 4 is 33.5 Å². The van der Waals surface area contributed by atoms with Gasteiger partial charge in [-0.05, 0) is 32.0 Å². The van der Waals surface area contributed by atoms with Crippen LogP contribution >= 0.6 is 15.9 Å². The molecule has 6 nitrogen and oxygen atoms in total. The van der Waals surface area contributed by atoms with Gasteiger partial charge >= 0.3 is 5.97 Å². The second kappa shape index (κ2) is 6.09. The van der Waals surface area contributed by atoms with Crippen LogP contribution in [0.3, 0.4) is 0 Å². The minimum atomic E-state index is -1.05. The predicted molar refractivity (Wildman–Crippen MR) is 81.5 cm³/mol. The molecule has 1 aromatic carbocycles. The van der Waals surface area contributed by atoms with Crippen LogP contribution in [0.25, 0.3) is 0 Å². The zero-order chi connectivity index (χ0) is 15.6. The monoisotopic (exact) mass is 351 g/mol. The van der Waals surface area contributed by atoms with Crippen molar-refractivity contribution in [1.29, 1.82) is 0 Å². The lowest BCUT2D eigenvalue weighted by molar-refractivity contribution is -0.115. The van der Waals surface area contributed by atoms with Crippen molar-refractivity contribution in [2.24, 2.45) is 0 Å². The smallest absolute Gasteiger partial charge is 0.335 e. The van der Waals surface area contributed by atoms with E-state index in [-0.39, 0.29) is 17.9 Å². The molecule has 0 radical (unpaired) electrons. The van der Waals surface area contributed by atoms with E-state index in [1.807, 2.05) is 13.8 Å². The number of aromatic carboxylic acids is 1. The van der Waals surface area contributed by atoms with Gasteiger partial charge in [0.05, 0.1) is 17.7 Å². The Kier molecular flexibility index (Phi) is 4.42. The van der Waals surface area contributed by atoms with Crippen LogP contribution in [-0.4, -0.2) is 27.2 Å². The third kappa shape index (κ3) is 3.69. The lowest BCUT2D eigenvalue weighted by Gasteiger charge is -2.07. The number of nitrogens with one attached hydrogen (secondary N) is 2. The summed E-state index contributed by atoms with van der Waals surface area (Å²) in [5.74, 6) is -1.27. The quantitative estimate of drug-likeness (QED) is 0.788. The molecule has 0 atom stereocenters. The summed E-state index contributed by atoms with van der Waals surface area (Å²) in [4.78, 5) is 23.1. The minimum Gasteiger partial charge on any atom is -0.478 e. The van der Waals surface area contributed by atoms with Gasteiger partial charge in [0.2, 0.25) is 5.91 Å². The van der Waals surface area contributed by atoms with Gasteiger partial charge in [-0.2, -0.15) is 5.10 Å². The maximum absolute atomic E-state index is 12.1. The van der Waals surface area contributed by atoms with Gasteiger partial charge in [-0.15, -0.1) is 0 Å². The lowest BCUT2D eigenvalue weighted by atomic mass is 10.1. The standard InChI is InChI=1S/C14H14BrN3O3/c1-7-12(8(2)18-17-7)6-13(19)16-11-4-9(14(20)21)3-10(15)5-11/h3-5H,6H2,1-2H3,(H,16,19)(H,17,18)(H,20,21). The van der Waals surface area contributed by atoms with Crippen LogP contribution in [0.4, 0.5) is 5.69 Å². The molecule has 0 saturated carbocycles. The third-order valence-electron chi connectivity index (χ3n) is 3.05. The normalized spacial score (nSPS) is 10.4. The van der Waals surface area contributed by atoms with Crippen LogP contribution in [0.1, 0.15) is 27.3 Å². The zero-order valence-corrected chi connectivity index (χ0v) is 13.1. The molecule has 1 amide bonds. The summed E-state index contributed by atoms with van der Waals surface area (Å²) < 4.78 is 0.591. The van der Waals surface area contributed by atoms with Crippen LogP contribution in [0.15, 0.2) is 22.7 Å². The van der Waals surface area contributed by atoms with E-state index in [1.54, 1.807) is 6.07 Å². The number of carbonyl (C=O) groups is 2. The van der Waals surface area contributed by atoms with Crippen molar-refractivity contribution in [2.75, 3.05) is 5.32 Å². The molecule has 0 aliphatic carbocycles. The van der Waals surface area contributed by atoms with Crippen LogP contribution in [-0.2, 0) is 11.2 Å². The van der Waals surface area contributed by atoms with Crippen molar-refractivity contribution in [3.63, 3.8) is 0 Å². The fraction of sp³-hybridized carbons (Fsp3) is 0.214. The minimum absolute atomic E-state index is 0.107. The maximum atomic E-state index is 12.1. The Labute approximate surface area is 129 Å². The fourth-order valence-electron chi connectivity index (χ4n) is 1.99. The number of hydrogen-bond acceptors (Lipinski definition) is 3. The number of hydrogen-bond donors (Lipinski definition) is 3. The van der Waals surface area contributed by atoms with Crippen LogP contribution in [0.2, 0.25) is 0 Å². The van der Waals surface area contributed by atoms with E-state index in [9.17, 15) is 9.59 Å². The van der Waals surface area contributed by atoms with Gasteiger partial charge < -0.3 is 10.4 Å². The molecule has 0 unspecified atom stereocenters. The fourth-order valence-corrected chi connectivity index (χ4v) is 2.48. The number of carboxylic acid groups (broad SMARTS) is 1. The summed E-state index contributed by atoms with van der Waals surface area (Å²) in [6, 6.07) is 4.54. The molecule has 0 fully saturated rings. The first-order chi connectivity index (χ1) is 9.86. The van der Waals surface area contributed by atoms with Gasteiger partial charge in [0, 0.05) is 21.4 Å². The number of anilines is 1. The highest BCUT2D eigenvalue weighted by molar-refractivity contribution is 9.10. The molecule has 110 valence electrons. The average Bonchev–Trinajstić information content (AvgIpc) is 2.69. The topological polar surface area (TPSA) is 95.1 Å². The number of rotatable bonds is 4. The summed E-state index contributed by atoms with van der Waals surface area (Å²) in [7, 11) is 0. The molecule has 0 saturated heterocycles. The second-order valence-corrected chi connectivity index (χ2v) is 5.59. The number of carboxylic acids is 1. The Morgan fingerprint density at radius 3 is 2.62 bits per heavy atom. The Balaban J connectivity index is 2.15. The van der Waals surface area contributed by atoms with Crippen molar-refractivity contribution in [2.45, 2.75) is 20.3 Å². The summed E-state index contributed by atoms with van der Waals surface area (Å²) in [6.45, 7) is 3.68. The highest BCUT2D eigenvalue weighted by Gasteiger charge is 2.13. The number of benzene rings is 1. The zero-order valence-electron chi connectivity index (χ0n) is 11.5. The molecule has 0 aliphatic rings. The van der Waals surface area contributed by atoms with Crippen molar-refractivity contribution < 1.29 is 14.7 Å². The predicted octanol–water partition coefficient (Wildman–Crippen LogP) is 2.67. The van der Waals surface area contributed by atoms with Gasteiger partial charge in [-0.1, -0.05) is 15.9 Å². The van der Waals surface area contributed by atoms with E-state index in [1.165, 1.54) is 12.1 Å². The highest BCUT2D eigenvalue weighted by atomic mass is 79.9. The molecule has 0 aliphatic heterocycles. The summed E-state index contributed by atoms with van der Waals surface area (Å²) in [5.41, 5.74) is 3.02. The number of H-pyrrole nitrogens is 1. The first kappa shape index (κ1) is 15.2. The highest BCUT2D eigenvalue weighted by Crippen LogP contribution is 2.20. The average molecular weight is 352 g/mol. The van der Waals surface area contributed by atoms with E-state index in [4.69, 9.17) is 5.11 Å². The van der Waals surface area contributed by atoms with Gasteiger partial charge in [-0.3, -0.25) is 9.89 Å². The molecule has 2 aromatic rings. The van der Waals surface area contributed by atoms with Gasteiger partial charge in [-0.25, -0.2) is 4.79 Å². The number of carbonyl (C=O) groups excluding carboxylic acids is 1. The van der Waals surface area contributed by atoms with E-state index in [0.29, 0.717) is 10.2 Å². The number of aromatic amines is 1. The number of amides is 1. The van der Waals surface area contributed by atoms with E-state index in [0.717, 1.165) is 17.0 Å². The first-order valence-electron chi connectivity index (χ1n) is 6.21. The SMILES string of the molecule is Cc1n[nH]c(C)c1CC(=O)Nc1cc(Br)cc(C(=O)O)c1. The number of halogens is 1.